The van der Waals surface area contributed by atoms with Crippen LogP contribution in [0.5, 0.6) is 0 Å². The number of nitrogens with zero attached hydrogens (tertiary/aromatic N) is 4. The highest BCUT2D eigenvalue weighted by Crippen LogP contribution is 2.25. The van der Waals surface area contributed by atoms with Crippen LogP contribution in [0.3, 0.4) is 0 Å². The van der Waals surface area contributed by atoms with Crippen LogP contribution in [0.2, 0.25) is 0 Å². The molecule has 12 heteroatoms. The third-order valence-corrected chi connectivity index (χ3v) is 2.27. The molecule has 0 radical (unpaired) electrons. The average Bonchev–Trinajstić information content (AvgIpc) is 2.79. The Labute approximate surface area is 113 Å². The first-order chi connectivity index (χ1) is 9.43. The third-order valence-electron chi connectivity index (χ3n) is 2.27. The summed E-state index contributed by atoms with van der Waals surface area (Å²) >= 11 is 0. The summed E-state index contributed by atoms with van der Waals surface area (Å²) < 4.78 is 1.21. The van der Waals surface area contributed by atoms with Crippen molar-refractivity contribution in [2.24, 2.45) is 18.7 Å². The molecule has 0 spiro atoms. The van der Waals surface area contributed by atoms with Crippen LogP contribution in [0.15, 0.2) is 6.20 Å². The molecular weight excluding hydrogens is 272 g/mol. The number of urea groups is 2. The minimum atomic E-state index is -0.826. The van der Waals surface area contributed by atoms with Crippen molar-refractivity contribution in [1.82, 2.24) is 20.4 Å². The fourth-order valence-corrected chi connectivity index (χ4v) is 1.38. The number of aryl methyl sites for hydroxylation is 1. The van der Waals surface area contributed by atoms with Gasteiger partial charge in [-0.05, 0) is 0 Å². The Bertz CT molecular complexity index is 489. The van der Waals surface area contributed by atoms with E-state index in [1.54, 1.807) is 0 Å². The van der Waals surface area contributed by atoms with Crippen molar-refractivity contribution >= 4 is 23.6 Å². The molecule has 0 aliphatic carbocycles. The molecule has 8 N–H and O–H groups in total. The minimum Gasteiger partial charge on any atom is -0.376 e. The van der Waals surface area contributed by atoms with Crippen LogP contribution in [-0.2, 0) is 7.05 Å². The highest BCUT2D eigenvalue weighted by Gasteiger charge is 2.24. The number of rotatable bonds is 4. The quantitative estimate of drug-likeness (QED) is 0.149. The molecule has 1 aromatic heterocycles. The second kappa shape index (κ2) is 6.67. The Balaban J connectivity index is 3.06. The lowest BCUT2D eigenvalue weighted by Gasteiger charge is -2.22. The van der Waals surface area contributed by atoms with Crippen LogP contribution in [0.1, 0.15) is 0 Å². The zero-order valence-corrected chi connectivity index (χ0v) is 10.6. The molecule has 20 heavy (non-hydrogen) atoms. The molecule has 0 aliphatic rings. The molecule has 0 bridgehead atoms. The number of anilines is 2. The normalized spacial score (nSPS) is 10.1. The predicted octanol–water partition coefficient (Wildman–Crippen LogP) is -2.90. The van der Waals surface area contributed by atoms with Gasteiger partial charge in [-0.15, -0.1) is 0 Å². The van der Waals surface area contributed by atoms with Gasteiger partial charge in [-0.25, -0.2) is 36.0 Å². The van der Waals surface area contributed by atoms with E-state index in [4.69, 9.17) is 21.9 Å². The molecule has 1 aromatic rings. The number of nitrogens with one attached hydrogen (secondary N) is 2. The molecule has 0 saturated carbocycles. The number of aliphatic hydroxyl groups is 2. The summed E-state index contributed by atoms with van der Waals surface area (Å²) in [7, 11) is 1.47. The van der Waals surface area contributed by atoms with Crippen LogP contribution in [0, 0.1) is 0 Å². The van der Waals surface area contributed by atoms with Crippen LogP contribution in [0.4, 0.5) is 21.1 Å². The lowest BCUT2D eigenvalue weighted by Crippen LogP contribution is -2.49. The monoisotopic (exact) mass is 288 g/mol. The standard InChI is InChI=1S/C8H16N8O4/c1-14-6(16(10)8(20)12-4-18)5(2-13-14)15(9)7(19)11-3-17/h2,17-18H,3-4,9-10H2,1H3,(H,11,19)(H,12,20). The summed E-state index contributed by atoms with van der Waals surface area (Å²) in [5.74, 6) is 11.1. The maximum absolute atomic E-state index is 11.6. The Hall–Kier alpha value is -2.41. The summed E-state index contributed by atoms with van der Waals surface area (Å²) in [6.45, 7) is -1.23. The largest absolute Gasteiger partial charge is 0.376 e. The first kappa shape index (κ1) is 15.6. The molecule has 1 rings (SSSR count). The van der Waals surface area contributed by atoms with E-state index in [0.29, 0.717) is 10.0 Å². The number of hydrogen-bond donors (Lipinski definition) is 6. The van der Waals surface area contributed by atoms with Crippen molar-refractivity contribution in [3.05, 3.63) is 6.20 Å². The van der Waals surface area contributed by atoms with Gasteiger partial charge in [0, 0.05) is 7.05 Å². The first-order valence-corrected chi connectivity index (χ1v) is 5.33. The number of aromatic nitrogens is 2. The summed E-state index contributed by atoms with van der Waals surface area (Å²) in [6.07, 6.45) is 1.21. The van der Waals surface area contributed by atoms with Gasteiger partial charge in [-0.1, -0.05) is 0 Å². The first-order valence-electron chi connectivity index (χ1n) is 5.33. The minimum absolute atomic E-state index is 0.00606. The van der Waals surface area contributed by atoms with E-state index in [1.807, 2.05) is 0 Å². The molecule has 12 nitrogen and oxygen atoms in total. The molecular formula is C8H16N8O4. The average molecular weight is 288 g/mol. The van der Waals surface area contributed by atoms with E-state index in [0.717, 1.165) is 0 Å². The van der Waals surface area contributed by atoms with Gasteiger partial charge in [0.15, 0.2) is 5.82 Å². The zero-order chi connectivity index (χ0) is 15.3. The van der Waals surface area contributed by atoms with Crippen molar-refractivity contribution in [2.45, 2.75) is 0 Å². The number of hydrogen-bond acceptors (Lipinski definition) is 7. The molecule has 0 unspecified atom stereocenters. The number of nitrogens with two attached hydrogens (primary N) is 2. The Kier molecular flexibility index (Phi) is 5.22. The number of carbonyl (C=O) groups excluding carboxylic acids is 2. The third kappa shape index (κ3) is 3.12. The highest BCUT2D eigenvalue weighted by molar-refractivity contribution is 5.98. The predicted molar refractivity (Wildman–Crippen MR) is 67.8 cm³/mol. The second-order valence-corrected chi connectivity index (χ2v) is 3.50. The van der Waals surface area contributed by atoms with E-state index in [2.05, 4.69) is 15.7 Å². The topological polar surface area (TPSA) is 175 Å². The summed E-state index contributed by atoms with van der Waals surface area (Å²) in [5, 5.41) is 26.4. The van der Waals surface area contributed by atoms with E-state index < -0.39 is 25.5 Å². The van der Waals surface area contributed by atoms with Gasteiger partial charge >= 0.3 is 12.1 Å². The maximum Gasteiger partial charge on any atom is 0.339 e. The van der Waals surface area contributed by atoms with E-state index >= 15 is 0 Å². The summed E-state index contributed by atoms with van der Waals surface area (Å²) in [6, 6.07) is -1.65. The van der Waals surface area contributed by atoms with Crippen molar-refractivity contribution in [2.75, 3.05) is 23.5 Å². The van der Waals surface area contributed by atoms with Gasteiger partial charge in [0.1, 0.15) is 19.1 Å². The molecule has 0 aliphatic heterocycles. The Morgan fingerprint density at radius 1 is 1.25 bits per heavy atom. The van der Waals surface area contributed by atoms with Gasteiger partial charge in [-0.2, -0.15) is 5.10 Å². The molecule has 1 heterocycles. The smallest absolute Gasteiger partial charge is 0.339 e. The number of hydrazine groups is 2. The zero-order valence-electron chi connectivity index (χ0n) is 10.6. The molecule has 4 amide bonds. The van der Waals surface area contributed by atoms with Crippen molar-refractivity contribution in [3.8, 4) is 0 Å². The molecule has 0 aromatic carbocycles. The summed E-state index contributed by atoms with van der Waals surface area (Å²) in [5.41, 5.74) is 0.0223. The lowest BCUT2D eigenvalue weighted by atomic mass is 10.4. The van der Waals surface area contributed by atoms with E-state index in [1.165, 1.54) is 17.9 Å². The maximum atomic E-state index is 11.6. The van der Waals surface area contributed by atoms with Crippen molar-refractivity contribution < 1.29 is 19.8 Å². The highest BCUT2D eigenvalue weighted by atomic mass is 16.3. The lowest BCUT2D eigenvalue weighted by molar-refractivity contribution is 0.221. The van der Waals surface area contributed by atoms with E-state index in [9.17, 15) is 9.59 Å². The van der Waals surface area contributed by atoms with Crippen molar-refractivity contribution in [1.29, 1.82) is 0 Å². The van der Waals surface area contributed by atoms with Gasteiger partial charge < -0.3 is 20.8 Å². The molecule has 0 fully saturated rings. The van der Waals surface area contributed by atoms with Gasteiger partial charge in [0.05, 0.1) is 6.20 Å². The van der Waals surface area contributed by atoms with E-state index in [-0.39, 0.29) is 11.5 Å². The summed E-state index contributed by atoms with van der Waals surface area (Å²) in [4.78, 5) is 23.1. The van der Waals surface area contributed by atoms with Gasteiger partial charge in [0.25, 0.3) is 0 Å². The van der Waals surface area contributed by atoms with Crippen LogP contribution >= 0.6 is 0 Å². The number of amides is 4. The number of carbonyl (C=O) groups is 2. The SMILES string of the molecule is Cn1ncc(N(N)C(=O)NCO)c1N(N)C(=O)NCO. The van der Waals surface area contributed by atoms with Crippen LogP contribution in [-0.4, -0.2) is 45.5 Å². The van der Waals surface area contributed by atoms with Crippen LogP contribution in [0.25, 0.3) is 0 Å². The molecule has 112 valence electrons. The van der Waals surface area contributed by atoms with Gasteiger partial charge in [0.2, 0.25) is 0 Å². The van der Waals surface area contributed by atoms with Crippen molar-refractivity contribution in [3.63, 3.8) is 0 Å². The fourth-order valence-electron chi connectivity index (χ4n) is 1.38. The second-order valence-electron chi connectivity index (χ2n) is 3.50. The molecule has 0 atom stereocenters. The Morgan fingerprint density at radius 2 is 1.75 bits per heavy atom. The van der Waals surface area contributed by atoms with Crippen LogP contribution < -0.4 is 32.3 Å². The Morgan fingerprint density at radius 3 is 2.25 bits per heavy atom. The fraction of sp³-hybridized carbons (Fsp3) is 0.375. The number of aliphatic hydroxyl groups excluding tert-OH is 2. The molecule has 0 saturated heterocycles. The van der Waals surface area contributed by atoms with Gasteiger partial charge in [-0.3, -0.25) is 0 Å².